The number of aromatic nitrogens is 1. The average molecular weight is 310 g/mol. The van der Waals surface area contributed by atoms with Gasteiger partial charge in [-0.05, 0) is 25.5 Å². The highest BCUT2D eigenvalue weighted by molar-refractivity contribution is 6.30. The van der Waals surface area contributed by atoms with E-state index in [1.807, 2.05) is 0 Å². The fourth-order valence-electron chi connectivity index (χ4n) is 1.55. The number of hydrogen-bond acceptors (Lipinski definition) is 3. The Morgan fingerprint density at radius 3 is 2.55 bits per heavy atom. The molecule has 0 spiro atoms. The van der Waals surface area contributed by atoms with Gasteiger partial charge in [0.1, 0.15) is 10.8 Å². The topological polar surface area (TPSA) is 42.4 Å². The van der Waals surface area contributed by atoms with Crippen molar-refractivity contribution in [3.8, 4) is 0 Å². The molecule has 1 aromatic heterocycles. The molecule has 2 atom stereocenters. The summed E-state index contributed by atoms with van der Waals surface area (Å²) in [6, 6.07) is 2.12. The Labute approximate surface area is 120 Å². The third kappa shape index (κ3) is 4.77. The monoisotopic (exact) mass is 309 g/mol. The lowest BCUT2D eigenvalue weighted by atomic mass is 10.1. The van der Waals surface area contributed by atoms with Gasteiger partial charge < -0.3 is 9.84 Å². The largest absolute Gasteiger partial charge is 0.433 e. The molecule has 0 fully saturated rings. The first-order chi connectivity index (χ1) is 9.25. The van der Waals surface area contributed by atoms with E-state index in [9.17, 15) is 18.3 Å². The van der Waals surface area contributed by atoms with E-state index in [0.29, 0.717) is 12.0 Å². The SMILES string of the molecule is CO[C@H](C/C=C/c1ccc(C(F)(F)F)nc1Cl)[C@H](C)O. The van der Waals surface area contributed by atoms with Crippen LogP contribution >= 0.6 is 11.6 Å². The van der Waals surface area contributed by atoms with E-state index < -0.39 is 18.0 Å². The average Bonchev–Trinajstić information content (AvgIpc) is 2.34. The Morgan fingerprint density at radius 2 is 2.10 bits per heavy atom. The number of methoxy groups -OCH3 is 1. The summed E-state index contributed by atoms with van der Waals surface area (Å²) in [6.07, 6.45) is -1.93. The Morgan fingerprint density at radius 1 is 1.45 bits per heavy atom. The second-order valence-corrected chi connectivity index (χ2v) is 4.59. The van der Waals surface area contributed by atoms with Crippen LogP contribution in [0.5, 0.6) is 0 Å². The molecule has 0 saturated heterocycles. The van der Waals surface area contributed by atoms with Crippen molar-refractivity contribution in [2.75, 3.05) is 7.11 Å². The van der Waals surface area contributed by atoms with Crippen LogP contribution in [0.4, 0.5) is 13.2 Å². The summed E-state index contributed by atoms with van der Waals surface area (Å²) in [7, 11) is 1.47. The molecule has 0 amide bonds. The smallest absolute Gasteiger partial charge is 0.391 e. The van der Waals surface area contributed by atoms with Crippen LogP contribution in [0.2, 0.25) is 5.15 Å². The van der Waals surface area contributed by atoms with Gasteiger partial charge in [0.2, 0.25) is 0 Å². The maximum atomic E-state index is 12.4. The molecule has 0 bridgehead atoms. The van der Waals surface area contributed by atoms with Gasteiger partial charge >= 0.3 is 6.18 Å². The van der Waals surface area contributed by atoms with Gasteiger partial charge in [-0.2, -0.15) is 13.2 Å². The fraction of sp³-hybridized carbons (Fsp3) is 0.462. The molecule has 1 rings (SSSR count). The van der Waals surface area contributed by atoms with Crippen molar-refractivity contribution < 1.29 is 23.0 Å². The van der Waals surface area contributed by atoms with Gasteiger partial charge in [-0.3, -0.25) is 0 Å². The van der Waals surface area contributed by atoms with Crippen LogP contribution < -0.4 is 0 Å². The van der Waals surface area contributed by atoms with Gasteiger partial charge in [-0.15, -0.1) is 0 Å². The van der Waals surface area contributed by atoms with Crippen LogP contribution in [0.15, 0.2) is 18.2 Å². The molecule has 3 nitrogen and oxygen atoms in total. The number of aliphatic hydroxyl groups is 1. The van der Waals surface area contributed by atoms with E-state index in [1.54, 1.807) is 19.1 Å². The van der Waals surface area contributed by atoms with Crippen LogP contribution in [0.25, 0.3) is 6.08 Å². The fourth-order valence-corrected chi connectivity index (χ4v) is 1.76. The van der Waals surface area contributed by atoms with E-state index in [-0.39, 0.29) is 11.3 Å². The van der Waals surface area contributed by atoms with Crippen molar-refractivity contribution >= 4 is 17.7 Å². The van der Waals surface area contributed by atoms with Gasteiger partial charge in [0.25, 0.3) is 0 Å². The molecule has 0 aliphatic carbocycles. The minimum Gasteiger partial charge on any atom is -0.391 e. The van der Waals surface area contributed by atoms with Crippen LogP contribution in [-0.2, 0) is 10.9 Å². The summed E-state index contributed by atoms with van der Waals surface area (Å²) in [5.74, 6) is 0. The number of halogens is 4. The van der Waals surface area contributed by atoms with E-state index in [0.717, 1.165) is 6.07 Å². The van der Waals surface area contributed by atoms with Crippen LogP contribution in [0, 0.1) is 0 Å². The minimum absolute atomic E-state index is 0.220. The molecule has 1 aromatic rings. The number of nitrogens with zero attached hydrogens (tertiary/aromatic N) is 1. The standard InChI is InChI=1S/C13H15ClF3NO2/c1-8(19)10(20-2)5-3-4-9-6-7-11(13(15,16)17)18-12(9)14/h3-4,6-8,10,19H,5H2,1-2H3/b4-3+/t8-,10+/m0/s1. The van der Waals surface area contributed by atoms with Crippen LogP contribution in [0.3, 0.4) is 0 Å². The number of pyridine rings is 1. The molecule has 1 heterocycles. The van der Waals surface area contributed by atoms with E-state index in [4.69, 9.17) is 16.3 Å². The maximum absolute atomic E-state index is 12.4. The zero-order valence-corrected chi connectivity index (χ0v) is 11.7. The molecular weight excluding hydrogens is 295 g/mol. The predicted octanol–water partition coefficient (Wildman–Crippen LogP) is 3.55. The number of rotatable bonds is 5. The molecule has 0 aromatic carbocycles. The predicted molar refractivity (Wildman–Crippen MR) is 70.4 cm³/mol. The van der Waals surface area contributed by atoms with Gasteiger partial charge in [-0.1, -0.05) is 23.8 Å². The highest BCUT2D eigenvalue weighted by atomic mass is 35.5. The first-order valence-corrected chi connectivity index (χ1v) is 6.24. The highest BCUT2D eigenvalue weighted by Gasteiger charge is 2.32. The zero-order chi connectivity index (χ0) is 15.3. The molecule has 20 heavy (non-hydrogen) atoms. The summed E-state index contributed by atoms with van der Waals surface area (Å²) in [6.45, 7) is 1.59. The zero-order valence-electron chi connectivity index (χ0n) is 11.0. The molecule has 7 heteroatoms. The molecule has 0 aliphatic heterocycles. The maximum Gasteiger partial charge on any atom is 0.433 e. The number of ether oxygens (including phenoxy) is 1. The second kappa shape index (κ2) is 7.06. The van der Waals surface area contributed by atoms with Crippen molar-refractivity contribution in [2.24, 2.45) is 0 Å². The molecular formula is C13H15ClF3NO2. The molecule has 1 N–H and O–H groups in total. The Balaban J connectivity index is 2.79. The van der Waals surface area contributed by atoms with Crippen molar-refractivity contribution in [3.63, 3.8) is 0 Å². The summed E-state index contributed by atoms with van der Waals surface area (Å²) >= 11 is 5.70. The quantitative estimate of drug-likeness (QED) is 0.846. The Kier molecular flexibility index (Phi) is 5.98. The summed E-state index contributed by atoms with van der Waals surface area (Å²) in [4.78, 5) is 3.31. The Hall–Kier alpha value is -1.11. The van der Waals surface area contributed by atoms with E-state index in [2.05, 4.69) is 4.98 Å². The van der Waals surface area contributed by atoms with Crippen LogP contribution in [-0.4, -0.2) is 29.4 Å². The minimum atomic E-state index is -4.51. The van der Waals surface area contributed by atoms with Crippen molar-refractivity contribution in [3.05, 3.63) is 34.6 Å². The second-order valence-electron chi connectivity index (χ2n) is 4.23. The molecule has 0 aliphatic rings. The van der Waals surface area contributed by atoms with Gasteiger partial charge in [0.05, 0.1) is 12.2 Å². The molecule has 112 valence electrons. The normalized spacial score (nSPS) is 15.6. The molecule has 0 unspecified atom stereocenters. The van der Waals surface area contributed by atoms with Gasteiger partial charge in [-0.25, -0.2) is 4.98 Å². The first kappa shape index (κ1) is 16.9. The third-order valence-electron chi connectivity index (χ3n) is 2.67. The van der Waals surface area contributed by atoms with Gasteiger partial charge in [0.15, 0.2) is 0 Å². The lowest BCUT2D eigenvalue weighted by Crippen LogP contribution is -2.24. The third-order valence-corrected chi connectivity index (χ3v) is 2.98. The summed E-state index contributed by atoms with van der Waals surface area (Å²) in [5.41, 5.74) is -0.654. The number of alkyl halides is 3. The van der Waals surface area contributed by atoms with Crippen LogP contribution in [0.1, 0.15) is 24.6 Å². The van der Waals surface area contributed by atoms with E-state index >= 15 is 0 Å². The first-order valence-electron chi connectivity index (χ1n) is 5.87. The van der Waals surface area contributed by atoms with Crippen molar-refractivity contribution in [1.82, 2.24) is 4.98 Å². The number of hydrogen-bond donors (Lipinski definition) is 1. The van der Waals surface area contributed by atoms with Crippen molar-refractivity contribution in [2.45, 2.75) is 31.7 Å². The summed E-state index contributed by atoms with van der Waals surface area (Å²) < 4.78 is 42.3. The number of aliphatic hydroxyl groups excluding tert-OH is 1. The Bertz CT molecular complexity index is 475. The lowest BCUT2D eigenvalue weighted by molar-refractivity contribution is -0.141. The lowest BCUT2D eigenvalue weighted by Gasteiger charge is -2.15. The van der Waals surface area contributed by atoms with Crippen molar-refractivity contribution in [1.29, 1.82) is 0 Å². The molecule has 0 radical (unpaired) electrons. The summed E-state index contributed by atoms with van der Waals surface area (Å²) in [5, 5.41) is 9.15. The highest BCUT2D eigenvalue weighted by Crippen LogP contribution is 2.29. The van der Waals surface area contributed by atoms with E-state index in [1.165, 1.54) is 13.2 Å². The molecule has 0 saturated carbocycles. The van der Waals surface area contributed by atoms with Gasteiger partial charge in [0, 0.05) is 12.7 Å².